The summed E-state index contributed by atoms with van der Waals surface area (Å²) in [4.78, 5) is 0. The Balaban J connectivity index is 3.12. The highest BCUT2D eigenvalue weighted by Crippen LogP contribution is 2.51. The van der Waals surface area contributed by atoms with Crippen molar-refractivity contribution in [3.05, 3.63) is 0 Å². The van der Waals surface area contributed by atoms with Crippen molar-refractivity contribution in [1.29, 1.82) is 0 Å². The van der Waals surface area contributed by atoms with E-state index in [1.807, 2.05) is 13.8 Å². The van der Waals surface area contributed by atoms with Crippen LogP contribution < -0.4 is 0 Å². The van der Waals surface area contributed by atoms with Crippen molar-refractivity contribution in [3.8, 4) is 0 Å². The lowest BCUT2D eigenvalue weighted by Gasteiger charge is -2.21. The Morgan fingerprint density at radius 3 is 1.55 bits per heavy atom. The maximum absolute atomic E-state index is 11.4. The minimum atomic E-state index is -2.73. The van der Waals surface area contributed by atoms with Crippen LogP contribution in [0.2, 0.25) is 19.6 Å². The molecule has 2 atom stereocenters. The molecule has 0 bridgehead atoms. The first-order chi connectivity index (χ1) is 4.65. The number of rotatable bonds is 1. The Labute approximate surface area is 69.9 Å². The van der Waals surface area contributed by atoms with E-state index >= 15 is 0 Å². The van der Waals surface area contributed by atoms with Crippen LogP contribution in [0.5, 0.6) is 0 Å². The molecule has 1 aliphatic heterocycles. The second kappa shape index (κ2) is 1.91. The van der Waals surface area contributed by atoms with E-state index in [0.717, 1.165) is 0 Å². The van der Waals surface area contributed by atoms with Gasteiger partial charge in [0.1, 0.15) is 0 Å². The first-order valence-electron chi connectivity index (χ1n) is 3.89. The van der Waals surface area contributed by atoms with E-state index in [4.69, 9.17) is 0 Å². The van der Waals surface area contributed by atoms with Crippen LogP contribution in [0.25, 0.3) is 0 Å². The van der Waals surface area contributed by atoms with Crippen molar-refractivity contribution in [2.45, 2.75) is 43.1 Å². The maximum Gasteiger partial charge on any atom is 0.158 e. The Kier molecular flexibility index (Phi) is 1.60. The van der Waals surface area contributed by atoms with E-state index in [1.165, 1.54) is 0 Å². The zero-order valence-corrected chi connectivity index (χ0v) is 9.62. The molecule has 0 aliphatic carbocycles. The van der Waals surface area contributed by atoms with Gasteiger partial charge in [-0.25, -0.2) is 8.42 Å². The van der Waals surface area contributed by atoms with Gasteiger partial charge in [-0.05, 0) is 13.8 Å². The van der Waals surface area contributed by atoms with Gasteiger partial charge >= 0.3 is 0 Å². The van der Waals surface area contributed by atoms with Gasteiger partial charge in [0.05, 0.1) is 17.7 Å². The molecule has 2 nitrogen and oxygen atoms in total. The summed E-state index contributed by atoms with van der Waals surface area (Å²) in [5.41, 5.74) is 0. The van der Waals surface area contributed by atoms with Crippen LogP contribution >= 0.6 is 0 Å². The van der Waals surface area contributed by atoms with Crippen molar-refractivity contribution in [2.24, 2.45) is 0 Å². The molecule has 0 saturated carbocycles. The topological polar surface area (TPSA) is 34.1 Å². The fraction of sp³-hybridized carbons (Fsp3) is 1.00. The first-order valence-corrected chi connectivity index (χ1v) is 8.94. The average molecular weight is 192 g/mol. The Hall–Kier alpha value is 0.167. The van der Waals surface area contributed by atoms with Gasteiger partial charge in [-0.15, -0.1) is 0 Å². The van der Waals surface area contributed by atoms with Gasteiger partial charge in [0, 0.05) is 0 Å². The molecule has 0 spiro atoms. The normalized spacial score (nSPS) is 42.1. The molecule has 0 N–H and O–H groups in total. The molecule has 1 heterocycles. The molecule has 0 unspecified atom stereocenters. The van der Waals surface area contributed by atoms with Crippen molar-refractivity contribution in [3.63, 3.8) is 0 Å². The fourth-order valence-corrected chi connectivity index (χ4v) is 9.62. The van der Waals surface area contributed by atoms with Gasteiger partial charge in [0.2, 0.25) is 0 Å². The zero-order valence-electron chi connectivity index (χ0n) is 7.80. The predicted molar refractivity (Wildman–Crippen MR) is 50.1 cm³/mol. The molecular formula is C7H16O2SSi. The third-order valence-electron chi connectivity index (χ3n) is 3.26. The highest BCUT2D eigenvalue weighted by molar-refractivity contribution is 8.03. The van der Waals surface area contributed by atoms with Gasteiger partial charge in [0.25, 0.3) is 0 Å². The molecule has 0 aromatic rings. The minimum Gasteiger partial charge on any atom is -0.228 e. The SMILES string of the molecule is C[C@H]1[C@](C)([Si](C)(C)C)S1(=O)=O. The summed E-state index contributed by atoms with van der Waals surface area (Å²) in [6.45, 7) is 10.1. The van der Waals surface area contributed by atoms with Crippen LogP contribution in [0.1, 0.15) is 13.8 Å². The molecule has 1 saturated heterocycles. The van der Waals surface area contributed by atoms with Crippen LogP contribution in [0.3, 0.4) is 0 Å². The predicted octanol–water partition coefficient (Wildman–Crippen LogP) is 1.44. The van der Waals surface area contributed by atoms with E-state index in [1.54, 1.807) is 0 Å². The van der Waals surface area contributed by atoms with Gasteiger partial charge in [-0.1, -0.05) is 19.6 Å². The average Bonchev–Trinajstić information content (AvgIpc) is 2.14. The minimum absolute atomic E-state index is 0.0957. The second-order valence-corrected chi connectivity index (χ2v) is 13.1. The second-order valence-electron chi connectivity index (χ2n) is 4.54. The molecule has 4 heteroatoms. The van der Waals surface area contributed by atoms with Crippen LogP contribution in [0.15, 0.2) is 0 Å². The highest BCUT2D eigenvalue weighted by atomic mass is 32.2. The summed E-state index contributed by atoms with van der Waals surface area (Å²) in [6.07, 6.45) is 0. The Morgan fingerprint density at radius 1 is 1.27 bits per heavy atom. The van der Waals surface area contributed by atoms with E-state index in [9.17, 15) is 8.42 Å². The summed E-state index contributed by atoms with van der Waals surface area (Å²) >= 11 is 0. The van der Waals surface area contributed by atoms with E-state index in [0.29, 0.717) is 0 Å². The van der Waals surface area contributed by atoms with Gasteiger partial charge in [-0.2, -0.15) is 0 Å². The molecule has 0 radical (unpaired) electrons. The third-order valence-corrected chi connectivity index (χ3v) is 12.3. The number of hydrogen-bond donors (Lipinski definition) is 0. The molecule has 66 valence electrons. The van der Waals surface area contributed by atoms with Gasteiger partial charge in [-0.3, -0.25) is 0 Å². The molecule has 0 amide bonds. The van der Waals surface area contributed by atoms with Crippen molar-refractivity contribution >= 4 is 17.9 Å². The van der Waals surface area contributed by atoms with Gasteiger partial charge < -0.3 is 0 Å². The Bertz CT molecular complexity index is 275. The molecule has 1 rings (SSSR count). The third kappa shape index (κ3) is 0.855. The fourth-order valence-electron chi connectivity index (χ4n) is 1.65. The lowest BCUT2D eigenvalue weighted by atomic mass is 10.4. The van der Waals surface area contributed by atoms with Crippen LogP contribution in [-0.2, 0) is 9.84 Å². The molecule has 1 aliphatic rings. The van der Waals surface area contributed by atoms with E-state index in [2.05, 4.69) is 19.6 Å². The maximum atomic E-state index is 11.4. The largest absolute Gasteiger partial charge is 0.228 e. The number of sulfone groups is 1. The lowest BCUT2D eigenvalue weighted by molar-refractivity contribution is 0.610. The van der Waals surface area contributed by atoms with Crippen molar-refractivity contribution in [1.82, 2.24) is 0 Å². The summed E-state index contributed by atoms with van der Waals surface area (Å²) < 4.78 is 22.5. The van der Waals surface area contributed by atoms with Crippen LogP contribution in [0, 0.1) is 0 Å². The lowest BCUT2D eigenvalue weighted by Crippen LogP contribution is -2.41. The summed E-state index contributed by atoms with van der Waals surface area (Å²) in [5.74, 6) is 0. The standard InChI is InChI=1S/C7H16O2SSi/c1-6-7(2,10(6,8)9)11(3,4)5/h6H,1-5H3/t6-,7-/m0/s1. The first kappa shape index (κ1) is 9.26. The monoisotopic (exact) mass is 192 g/mol. The van der Waals surface area contributed by atoms with Crippen molar-refractivity contribution in [2.75, 3.05) is 0 Å². The van der Waals surface area contributed by atoms with Crippen LogP contribution in [0.4, 0.5) is 0 Å². The van der Waals surface area contributed by atoms with Gasteiger partial charge in [0.15, 0.2) is 9.84 Å². The van der Waals surface area contributed by atoms with Crippen LogP contribution in [-0.4, -0.2) is 26.1 Å². The molecule has 1 fully saturated rings. The molecule has 11 heavy (non-hydrogen) atoms. The van der Waals surface area contributed by atoms with Crippen molar-refractivity contribution < 1.29 is 8.42 Å². The molecule has 0 aromatic heterocycles. The summed E-state index contributed by atoms with van der Waals surface area (Å²) in [7, 11) is -4.27. The summed E-state index contributed by atoms with van der Waals surface area (Å²) in [6, 6.07) is 0. The summed E-state index contributed by atoms with van der Waals surface area (Å²) in [5, 5.41) is -0.0957. The molecule has 0 aromatic carbocycles. The highest BCUT2D eigenvalue weighted by Gasteiger charge is 2.71. The van der Waals surface area contributed by atoms with E-state index in [-0.39, 0.29) is 9.62 Å². The zero-order chi connectivity index (χ0) is 9.08. The smallest absolute Gasteiger partial charge is 0.158 e. The molecular weight excluding hydrogens is 176 g/mol. The number of hydrogen-bond acceptors (Lipinski definition) is 2. The quantitative estimate of drug-likeness (QED) is 0.465. The van der Waals surface area contributed by atoms with E-state index < -0.39 is 17.9 Å². The Morgan fingerprint density at radius 2 is 1.55 bits per heavy atom.